The molecule has 0 spiro atoms. The molecule has 1 fully saturated rings. The quantitative estimate of drug-likeness (QED) is 0.560. The van der Waals surface area contributed by atoms with Gasteiger partial charge in [-0.1, -0.05) is 13.8 Å². The van der Waals surface area contributed by atoms with Crippen molar-refractivity contribution >= 4 is 20.0 Å². The summed E-state index contributed by atoms with van der Waals surface area (Å²) in [7, 11) is -6.85. The molecule has 10 heteroatoms. The molecule has 27 heavy (non-hydrogen) atoms. The predicted molar refractivity (Wildman–Crippen MR) is 103 cm³/mol. The number of piperazine rings is 1. The number of hydrogen-bond donors (Lipinski definition) is 0. The Balaban J connectivity index is 1.82. The SMILES string of the molecule is CCN(CC)S(=O)(=O)N1CCN(CCCS(=O)(=O)c2ccc(F)cc2)CC1. The average molecular weight is 422 g/mol. The summed E-state index contributed by atoms with van der Waals surface area (Å²) in [6.07, 6.45) is 0.447. The van der Waals surface area contributed by atoms with E-state index in [4.69, 9.17) is 0 Å². The molecule has 1 aromatic carbocycles. The summed E-state index contributed by atoms with van der Waals surface area (Å²) < 4.78 is 65.4. The van der Waals surface area contributed by atoms with Crippen molar-refractivity contribution in [3.8, 4) is 0 Å². The first-order chi connectivity index (χ1) is 12.7. The maximum Gasteiger partial charge on any atom is 0.282 e. The Hall–Kier alpha value is -1.07. The topological polar surface area (TPSA) is 78.0 Å². The summed E-state index contributed by atoms with van der Waals surface area (Å²) in [5.41, 5.74) is 0. The molecule has 0 bridgehead atoms. The van der Waals surface area contributed by atoms with E-state index in [1.807, 2.05) is 13.8 Å². The van der Waals surface area contributed by atoms with Crippen molar-refractivity contribution in [3.63, 3.8) is 0 Å². The third-order valence-electron chi connectivity index (χ3n) is 4.75. The fourth-order valence-corrected chi connectivity index (χ4v) is 6.03. The zero-order valence-corrected chi connectivity index (χ0v) is 17.5. The van der Waals surface area contributed by atoms with E-state index in [9.17, 15) is 21.2 Å². The van der Waals surface area contributed by atoms with Crippen LogP contribution in [0.3, 0.4) is 0 Å². The van der Waals surface area contributed by atoms with Gasteiger partial charge in [0.25, 0.3) is 10.2 Å². The van der Waals surface area contributed by atoms with Gasteiger partial charge in [-0.3, -0.25) is 0 Å². The van der Waals surface area contributed by atoms with Crippen molar-refractivity contribution in [2.24, 2.45) is 0 Å². The molecule has 7 nitrogen and oxygen atoms in total. The Bertz CT molecular complexity index is 801. The van der Waals surface area contributed by atoms with Crippen LogP contribution in [0.25, 0.3) is 0 Å². The van der Waals surface area contributed by atoms with E-state index >= 15 is 0 Å². The molecule has 0 aromatic heterocycles. The van der Waals surface area contributed by atoms with Crippen LogP contribution >= 0.6 is 0 Å². The first kappa shape index (κ1) is 22.2. The third-order valence-corrected chi connectivity index (χ3v) is 8.75. The molecule has 1 heterocycles. The zero-order chi connectivity index (χ0) is 20.1. The van der Waals surface area contributed by atoms with E-state index < -0.39 is 25.9 Å². The highest BCUT2D eigenvalue weighted by Gasteiger charge is 2.30. The summed E-state index contributed by atoms with van der Waals surface area (Å²) in [5.74, 6) is -0.483. The molecule has 2 rings (SSSR count). The van der Waals surface area contributed by atoms with Crippen molar-refractivity contribution in [2.75, 3.05) is 51.6 Å². The molecule has 0 N–H and O–H groups in total. The Kier molecular flexibility index (Phi) is 7.75. The number of halogens is 1. The first-order valence-corrected chi connectivity index (χ1v) is 12.2. The van der Waals surface area contributed by atoms with Crippen molar-refractivity contribution in [2.45, 2.75) is 25.2 Å². The van der Waals surface area contributed by atoms with E-state index in [-0.39, 0.29) is 10.6 Å². The number of sulfone groups is 1. The number of benzene rings is 1. The fourth-order valence-electron chi connectivity index (χ4n) is 3.14. The van der Waals surface area contributed by atoms with Crippen LogP contribution in [0.15, 0.2) is 29.2 Å². The van der Waals surface area contributed by atoms with Gasteiger partial charge in [-0.25, -0.2) is 12.8 Å². The van der Waals surface area contributed by atoms with Gasteiger partial charge in [0.05, 0.1) is 10.6 Å². The van der Waals surface area contributed by atoms with Crippen LogP contribution < -0.4 is 0 Å². The van der Waals surface area contributed by atoms with Gasteiger partial charge >= 0.3 is 0 Å². The molecule has 0 unspecified atom stereocenters. The van der Waals surface area contributed by atoms with E-state index in [1.165, 1.54) is 20.7 Å². The smallest absolute Gasteiger partial charge is 0.282 e. The molecule has 0 radical (unpaired) electrons. The van der Waals surface area contributed by atoms with E-state index in [2.05, 4.69) is 4.90 Å². The van der Waals surface area contributed by atoms with Crippen LogP contribution in [0, 0.1) is 5.82 Å². The molecule has 0 amide bonds. The second kappa shape index (κ2) is 9.42. The maximum absolute atomic E-state index is 12.9. The lowest BCUT2D eigenvalue weighted by Crippen LogP contribution is -2.53. The zero-order valence-electron chi connectivity index (χ0n) is 15.8. The molecule has 154 valence electrons. The lowest BCUT2D eigenvalue weighted by atomic mass is 10.3. The van der Waals surface area contributed by atoms with Crippen molar-refractivity contribution < 1.29 is 21.2 Å². The highest BCUT2D eigenvalue weighted by Crippen LogP contribution is 2.15. The average Bonchev–Trinajstić information content (AvgIpc) is 2.63. The third kappa shape index (κ3) is 5.71. The van der Waals surface area contributed by atoms with Gasteiger partial charge in [-0.15, -0.1) is 0 Å². The standard InChI is InChI=1S/C17H28FN3O4S2/c1-3-20(4-2)27(24,25)21-13-11-19(12-14-21)10-5-15-26(22,23)17-8-6-16(18)7-9-17/h6-9H,3-5,10-15H2,1-2H3. The Morgan fingerprint density at radius 3 is 2.04 bits per heavy atom. The van der Waals surface area contributed by atoms with Gasteiger partial charge in [0.15, 0.2) is 9.84 Å². The van der Waals surface area contributed by atoms with Crippen LogP contribution in [0.1, 0.15) is 20.3 Å². The van der Waals surface area contributed by atoms with Crippen LogP contribution in [0.2, 0.25) is 0 Å². The van der Waals surface area contributed by atoms with E-state index in [0.29, 0.717) is 52.2 Å². The fraction of sp³-hybridized carbons (Fsp3) is 0.647. The van der Waals surface area contributed by atoms with Crippen molar-refractivity contribution in [1.29, 1.82) is 0 Å². The minimum atomic E-state index is -3.44. The number of rotatable bonds is 9. The monoisotopic (exact) mass is 421 g/mol. The largest absolute Gasteiger partial charge is 0.301 e. The van der Waals surface area contributed by atoms with Gasteiger partial charge in [-0.05, 0) is 37.2 Å². The van der Waals surface area contributed by atoms with Gasteiger partial charge in [0.1, 0.15) is 5.82 Å². The number of nitrogens with zero attached hydrogens (tertiary/aromatic N) is 3. The number of hydrogen-bond acceptors (Lipinski definition) is 5. The van der Waals surface area contributed by atoms with Gasteiger partial charge < -0.3 is 4.90 Å². The van der Waals surface area contributed by atoms with Crippen LogP contribution in [-0.2, 0) is 20.0 Å². The van der Waals surface area contributed by atoms with Crippen LogP contribution in [-0.4, -0.2) is 81.9 Å². The lowest BCUT2D eigenvalue weighted by molar-refractivity contribution is 0.182. The van der Waals surface area contributed by atoms with Gasteiger partial charge in [-0.2, -0.15) is 17.0 Å². The predicted octanol–water partition coefficient (Wildman–Crippen LogP) is 1.19. The molecule has 1 aromatic rings. The normalized spacial score (nSPS) is 17.5. The van der Waals surface area contributed by atoms with E-state index in [1.54, 1.807) is 0 Å². The molecular formula is C17H28FN3O4S2. The second-order valence-electron chi connectivity index (χ2n) is 6.46. The molecule has 1 aliphatic rings. The van der Waals surface area contributed by atoms with Crippen LogP contribution in [0.5, 0.6) is 0 Å². The van der Waals surface area contributed by atoms with E-state index in [0.717, 1.165) is 12.1 Å². The molecular weight excluding hydrogens is 393 g/mol. The summed E-state index contributed by atoms with van der Waals surface area (Å²) in [4.78, 5) is 2.20. The van der Waals surface area contributed by atoms with Crippen molar-refractivity contribution in [1.82, 2.24) is 13.5 Å². The summed E-state index contributed by atoms with van der Waals surface area (Å²) in [6.45, 7) is 7.08. The summed E-state index contributed by atoms with van der Waals surface area (Å²) in [6, 6.07) is 4.84. The first-order valence-electron chi connectivity index (χ1n) is 9.16. The Morgan fingerprint density at radius 1 is 0.963 bits per heavy atom. The molecule has 1 aliphatic heterocycles. The molecule has 0 saturated carbocycles. The van der Waals surface area contributed by atoms with Crippen LogP contribution in [0.4, 0.5) is 4.39 Å². The second-order valence-corrected chi connectivity index (χ2v) is 10.5. The summed E-state index contributed by atoms with van der Waals surface area (Å²) >= 11 is 0. The summed E-state index contributed by atoms with van der Waals surface area (Å²) in [5, 5.41) is 0. The molecule has 0 aliphatic carbocycles. The minimum absolute atomic E-state index is 0.0173. The van der Waals surface area contributed by atoms with Gasteiger partial charge in [0, 0.05) is 39.3 Å². The lowest BCUT2D eigenvalue weighted by Gasteiger charge is -2.36. The Morgan fingerprint density at radius 2 is 1.52 bits per heavy atom. The van der Waals surface area contributed by atoms with Crippen molar-refractivity contribution in [3.05, 3.63) is 30.1 Å². The maximum atomic E-state index is 12.9. The molecule has 1 saturated heterocycles. The van der Waals surface area contributed by atoms with Gasteiger partial charge in [0.2, 0.25) is 0 Å². The highest BCUT2D eigenvalue weighted by atomic mass is 32.2. The Labute approximate surface area is 161 Å². The highest BCUT2D eigenvalue weighted by molar-refractivity contribution is 7.91. The minimum Gasteiger partial charge on any atom is -0.301 e. The molecule has 0 atom stereocenters.